The molecule has 1 heterocycles. The Kier molecular flexibility index (Phi) is 5.78. The Bertz CT molecular complexity index is 628. The molecule has 2 rings (SSSR count). The Hall–Kier alpha value is -1.31. The van der Waals surface area contributed by atoms with Crippen LogP contribution in [0.3, 0.4) is 0 Å². The SMILES string of the molecule is CN(C)S(=O)(=O)N1CCN(c2ccc(OCC(C)(C)C)cc2)CC1. The molecular weight excluding hydrogens is 326 g/mol. The van der Waals surface area contributed by atoms with Gasteiger partial charge in [-0.1, -0.05) is 20.8 Å². The Morgan fingerprint density at radius 1 is 1.04 bits per heavy atom. The minimum Gasteiger partial charge on any atom is -0.493 e. The van der Waals surface area contributed by atoms with Gasteiger partial charge in [0.05, 0.1) is 6.61 Å². The van der Waals surface area contributed by atoms with E-state index in [9.17, 15) is 8.42 Å². The molecule has 0 saturated carbocycles. The van der Waals surface area contributed by atoms with Crippen molar-refractivity contribution < 1.29 is 13.2 Å². The van der Waals surface area contributed by atoms with Crippen LogP contribution in [0.1, 0.15) is 20.8 Å². The van der Waals surface area contributed by atoms with E-state index in [1.165, 1.54) is 8.61 Å². The predicted octanol–water partition coefficient (Wildman–Crippen LogP) is 2.04. The number of ether oxygens (including phenoxy) is 1. The van der Waals surface area contributed by atoms with Crippen LogP contribution in [0.15, 0.2) is 24.3 Å². The van der Waals surface area contributed by atoms with Crippen LogP contribution in [0, 0.1) is 5.41 Å². The van der Waals surface area contributed by atoms with Gasteiger partial charge < -0.3 is 9.64 Å². The third-order valence-corrected chi connectivity index (χ3v) is 5.84. The summed E-state index contributed by atoms with van der Waals surface area (Å²) in [6.07, 6.45) is 0. The molecule has 136 valence electrons. The molecule has 0 amide bonds. The predicted molar refractivity (Wildman–Crippen MR) is 97.8 cm³/mol. The zero-order valence-electron chi connectivity index (χ0n) is 15.3. The zero-order chi connectivity index (χ0) is 18.0. The maximum atomic E-state index is 12.1. The van der Waals surface area contributed by atoms with Crippen molar-refractivity contribution in [2.24, 2.45) is 5.41 Å². The molecule has 1 saturated heterocycles. The van der Waals surface area contributed by atoms with Gasteiger partial charge in [-0.25, -0.2) is 0 Å². The Morgan fingerprint density at radius 2 is 1.58 bits per heavy atom. The zero-order valence-corrected chi connectivity index (χ0v) is 16.1. The van der Waals surface area contributed by atoms with E-state index in [0.29, 0.717) is 32.8 Å². The van der Waals surface area contributed by atoms with Gasteiger partial charge >= 0.3 is 0 Å². The van der Waals surface area contributed by atoms with E-state index >= 15 is 0 Å². The summed E-state index contributed by atoms with van der Waals surface area (Å²) in [4.78, 5) is 2.20. The highest BCUT2D eigenvalue weighted by Gasteiger charge is 2.28. The van der Waals surface area contributed by atoms with Crippen LogP contribution in [0.4, 0.5) is 5.69 Å². The van der Waals surface area contributed by atoms with Gasteiger partial charge in [0, 0.05) is 46.0 Å². The van der Waals surface area contributed by atoms with Crippen LogP contribution in [-0.4, -0.2) is 63.9 Å². The maximum Gasteiger partial charge on any atom is 0.281 e. The lowest BCUT2D eigenvalue weighted by Crippen LogP contribution is -2.51. The van der Waals surface area contributed by atoms with E-state index in [1.807, 2.05) is 24.3 Å². The normalized spacial score (nSPS) is 17.3. The van der Waals surface area contributed by atoms with Crippen molar-refractivity contribution in [2.45, 2.75) is 20.8 Å². The quantitative estimate of drug-likeness (QED) is 0.811. The van der Waals surface area contributed by atoms with Gasteiger partial charge in [-0.15, -0.1) is 0 Å². The molecule has 1 aliphatic heterocycles. The summed E-state index contributed by atoms with van der Waals surface area (Å²) in [5.41, 5.74) is 1.23. The molecule has 0 spiro atoms. The largest absolute Gasteiger partial charge is 0.493 e. The van der Waals surface area contributed by atoms with E-state index in [4.69, 9.17) is 4.74 Å². The number of hydrogen-bond donors (Lipinski definition) is 0. The van der Waals surface area contributed by atoms with Crippen LogP contribution >= 0.6 is 0 Å². The summed E-state index contributed by atoms with van der Waals surface area (Å²) >= 11 is 0. The molecule has 1 aliphatic rings. The summed E-state index contributed by atoms with van der Waals surface area (Å²) in [5, 5.41) is 0. The second-order valence-corrected chi connectivity index (χ2v) is 9.66. The summed E-state index contributed by atoms with van der Waals surface area (Å²) in [5.74, 6) is 0.863. The number of rotatable bonds is 5. The number of anilines is 1. The van der Waals surface area contributed by atoms with Crippen LogP contribution in [0.5, 0.6) is 5.75 Å². The summed E-state index contributed by atoms with van der Waals surface area (Å²) in [6, 6.07) is 8.02. The molecule has 1 fully saturated rings. The lowest BCUT2D eigenvalue weighted by Gasteiger charge is -2.36. The van der Waals surface area contributed by atoms with Crippen molar-refractivity contribution in [2.75, 3.05) is 51.8 Å². The highest BCUT2D eigenvalue weighted by Crippen LogP contribution is 2.23. The lowest BCUT2D eigenvalue weighted by atomic mass is 9.99. The van der Waals surface area contributed by atoms with Crippen molar-refractivity contribution in [1.82, 2.24) is 8.61 Å². The smallest absolute Gasteiger partial charge is 0.281 e. The molecule has 24 heavy (non-hydrogen) atoms. The van der Waals surface area contributed by atoms with E-state index < -0.39 is 10.2 Å². The fourth-order valence-corrected chi connectivity index (χ4v) is 3.55. The molecule has 0 unspecified atom stereocenters. The van der Waals surface area contributed by atoms with Crippen molar-refractivity contribution in [3.05, 3.63) is 24.3 Å². The van der Waals surface area contributed by atoms with Crippen molar-refractivity contribution in [3.63, 3.8) is 0 Å². The maximum absolute atomic E-state index is 12.1. The molecule has 7 heteroatoms. The second kappa shape index (κ2) is 7.29. The van der Waals surface area contributed by atoms with Gasteiger partial charge in [-0.2, -0.15) is 17.0 Å². The monoisotopic (exact) mass is 355 g/mol. The minimum atomic E-state index is -3.31. The van der Waals surface area contributed by atoms with E-state index in [2.05, 4.69) is 25.7 Å². The molecule has 0 atom stereocenters. The minimum absolute atomic E-state index is 0.132. The average Bonchev–Trinajstić information content (AvgIpc) is 2.53. The first-order chi connectivity index (χ1) is 11.1. The summed E-state index contributed by atoms with van der Waals surface area (Å²) in [7, 11) is -0.179. The van der Waals surface area contributed by atoms with Gasteiger partial charge in [-0.05, 0) is 29.7 Å². The van der Waals surface area contributed by atoms with Crippen molar-refractivity contribution in [3.8, 4) is 5.75 Å². The molecule has 0 bridgehead atoms. The van der Waals surface area contributed by atoms with E-state index in [1.54, 1.807) is 14.1 Å². The third-order valence-electron chi connectivity index (χ3n) is 3.90. The highest BCUT2D eigenvalue weighted by molar-refractivity contribution is 7.86. The number of benzene rings is 1. The van der Waals surface area contributed by atoms with E-state index in [0.717, 1.165) is 11.4 Å². The molecule has 0 aliphatic carbocycles. The summed E-state index contributed by atoms with van der Waals surface area (Å²) < 4.78 is 32.9. The Morgan fingerprint density at radius 3 is 2.04 bits per heavy atom. The van der Waals surface area contributed by atoms with Crippen molar-refractivity contribution >= 4 is 15.9 Å². The average molecular weight is 356 g/mol. The topological polar surface area (TPSA) is 53.1 Å². The van der Waals surface area contributed by atoms with Gasteiger partial charge in [0.1, 0.15) is 5.75 Å². The first-order valence-corrected chi connectivity index (χ1v) is 9.65. The molecule has 0 N–H and O–H groups in total. The summed E-state index contributed by atoms with van der Waals surface area (Å²) in [6.45, 7) is 9.48. The lowest BCUT2D eigenvalue weighted by molar-refractivity contribution is 0.198. The third kappa shape index (κ3) is 4.84. The van der Waals surface area contributed by atoms with Crippen molar-refractivity contribution in [1.29, 1.82) is 0 Å². The molecule has 6 nitrogen and oxygen atoms in total. The fraction of sp³-hybridized carbons (Fsp3) is 0.647. The second-order valence-electron chi connectivity index (χ2n) is 7.52. The van der Waals surface area contributed by atoms with Gasteiger partial charge in [0.25, 0.3) is 10.2 Å². The number of hydrogen-bond acceptors (Lipinski definition) is 4. The van der Waals surface area contributed by atoms with Gasteiger partial charge in [0.2, 0.25) is 0 Å². The van der Waals surface area contributed by atoms with Crippen LogP contribution in [0.25, 0.3) is 0 Å². The fourth-order valence-electron chi connectivity index (χ4n) is 2.46. The number of piperazine rings is 1. The highest BCUT2D eigenvalue weighted by atomic mass is 32.2. The Balaban J connectivity index is 1.93. The molecule has 1 aromatic rings. The van der Waals surface area contributed by atoms with Crippen LogP contribution < -0.4 is 9.64 Å². The Labute approximate surface area is 146 Å². The standard InChI is InChI=1S/C17H29N3O3S/c1-17(2,3)14-23-16-8-6-15(7-9-16)19-10-12-20(13-11-19)24(21,22)18(4)5/h6-9H,10-14H2,1-5H3. The van der Waals surface area contributed by atoms with E-state index in [-0.39, 0.29) is 5.41 Å². The van der Waals surface area contributed by atoms with Gasteiger partial charge in [-0.3, -0.25) is 0 Å². The first-order valence-electron chi connectivity index (χ1n) is 8.25. The van der Waals surface area contributed by atoms with Gasteiger partial charge in [0.15, 0.2) is 0 Å². The molecular formula is C17H29N3O3S. The number of nitrogens with zero attached hydrogens (tertiary/aromatic N) is 3. The molecule has 0 radical (unpaired) electrons. The first kappa shape index (κ1) is 19.0. The van der Waals surface area contributed by atoms with Crippen LogP contribution in [-0.2, 0) is 10.2 Å². The van der Waals surface area contributed by atoms with Crippen LogP contribution in [0.2, 0.25) is 0 Å². The molecule has 1 aromatic carbocycles. The molecule has 0 aromatic heterocycles.